The molecule has 1 saturated heterocycles. The van der Waals surface area contributed by atoms with Crippen LogP contribution in [0.3, 0.4) is 0 Å². The summed E-state index contributed by atoms with van der Waals surface area (Å²) < 4.78 is 0. The van der Waals surface area contributed by atoms with Crippen molar-refractivity contribution in [2.45, 2.75) is 70.1 Å². The summed E-state index contributed by atoms with van der Waals surface area (Å²) in [5.41, 5.74) is 0.314. The summed E-state index contributed by atoms with van der Waals surface area (Å²) in [5.74, 6) is 0. The zero-order valence-corrected chi connectivity index (χ0v) is 9.50. The van der Waals surface area contributed by atoms with Crippen LogP contribution in [-0.4, -0.2) is 34.2 Å². The second-order valence-corrected chi connectivity index (χ2v) is 5.53. The molecule has 2 heteroatoms. The second kappa shape index (κ2) is 3.82. The monoisotopic (exact) mass is 197 g/mol. The van der Waals surface area contributed by atoms with E-state index in [0.717, 1.165) is 6.42 Å². The van der Waals surface area contributed by atoms with E-state index in [9.17, 15) is 5.11 Å². The van der Waals surface area contributed by atoms with Crippen LogP contribution in [0.4, 0.5) is 0 Å². The summed E-state index contributed by atoms with van der Waals surface area (Å²) in [6, 6.07) is 0.449. The molecule has 2 aliphatic rings. The number of hydrogen-bond acceptors (Lipinski definition) is 2. The molecule has 82 valence electrons. The van der Waals surface area contributed by atoms with E-state index in [1.807, 2.05) is 0 Å². The van der Waals surface area contributed by atoms with Crippen molar-refractivity contribution in [3.8, 4) is 0 Å². The van der Waals surface area contributed by atoms with Gasteiger partial charge in [-0.3, -0.25) is 4.90 Å². The minimum absolute atomic E-state index is 0.0626. The van der Waals surface area contributed by atoms with Crippen molar-refractivity contribution < 1.29 is 5.11 Å². The van der Waals surface area contributed by atoms with Crippen LogP contribution < -0.4 is 0 Å². The summed E-state index contributed by atoms with van der Waals surface area (Å²) in [4.78, 5) is 2.56. The third-order valence-electron chi connectivity index (χ3n) is 4.06. The van der Waals surface area contributed by atoms with E-state index in [-0.39, 0.29) is 6.10 Å². The Labute approximate surface area is 87.3 Å². The van der Waals surface area contributed by atoms with Crippen molar-refractivity contribution in [2.24, 2.45) is 0 Å². The van der Waals surface area contributed by atoms with Crippen molar-refractivity contribution in [1.29, 1.82) is 0 Å². The van der Waals surface area contributed by atoms with E-state index in [2.05, 4.69) is 18.7 Å². The molecule has 2 fully saturated rings. The molecule has 1 aliphatic heterocycles. The van der Waals surface area contributed by atoms with Gasteiger partial charge in [-0.25, -0.2) is 0 Å². The maximum absolute atomic E-state index is 9.93. The normalized spacial score (nSPS) is 38.8. The fourth-order valence-corrected chi connectivity index (χ4v) is 3.19. The number of hydrogen-bond donors (Lipinski definition) is 1. The Morgan fingerprint density at radius 1 is 1.14 bits per heavy atom. The van der Waals surface area contributed by atoms with Gasteiger partial charge < -0.3 is 5.11 Å². The van der Waals surface area contributed by atoms with Crippen molar-refractivity contribution in [2.75, 3.05) is 6.54 Å². The molecule has 0 spiro atoms. The van der Waals surface area contributed by atoms with Crippen LogP contribution in [0, 0.1) is 0 Å². The van der Waals surface area contributed by atoms with E-state index >= 15 is 0 Å². The second-order valence-electron chi connectivity index (χ2n) is 5.53. The number of nitrogens with zero attached hydrogens (tertiary/aromatic N) is 1. The molecular formula is C12H23NO. The third-order valence-corrected chi connectivity index (χ3v) is 4.06. The van der Waals surface area contributed by atoms with Gasteiger partial charge in [0.1, 0.15) is 0 Å². The minimum atomic E-state index is -0.0626. The van der Waals surface area contributed by atoms with Gasteiger partial charge in [0.25, 0.3) is 0 Å². The molecule has 0 radical (unpaired) electrons. The van der Waals surface area contributed by atoms with Crippen LogP contribution in [0.15, 0.2) is 0 Å². The van der Waals surface area contributed by atoms with Gasteiger partial charge in [0.2, 0.25) is 0 Å². The van der Waals surface area contributed by atoms with Crippen LogP contribution in [0.2, 0.25) is 0 Å². The standard InChI is InChI=1S/C12H23NO/c1-12(2)8-3-4-9-13(12)10-6-5-7-11(10)14/h10-11,14H,3-9H2,1-2H3. The average Bonchev–Trinajstić information content (AvgIpc) is 2.51. The van der Waals surface area contributed by atoms with E-state index in [0.29, 0.717) is 11.6 Å². The molecule has 1 heterocycles. The number of rotatable bonds is 1. The SMILES string of the molecule is CC1(C)CCCCN1C1CCCC1O. The lowest BCUT2D eigenvalue weighted by Gasteiger charge is -2.47. The number of aliphatic hydroxyl groups excluding tert-OH is 1. The lowest BCUT2D eigenvalue weighted by Crippen LogP contribution is -2.54. The number of piperidine rings is 1. The molecule has 2 atom stereocenters. The van der Waals surface area contributed by atoms with Gasteiger partial charge >= 0.3 is 0 Å². The highest BCUT2D eigenvalue weighted by Gasteiger charge is 2.39. The van der Waals surface area contributed by atoms with Crippen molar-refractivity contribution in [3.05, 3.63) is 0 Å². The maximum Gasteiger partial charge on any atom is 0.0695 e. The first kappa shape index (κ1) is 10.4. The number of aliphatic hydroxyl groups is 1. The molecule has 0 aromatic rings. The molecule has 1 N–H and O–H groups in total. The zero-order chi connectivity index (χ0) is 10.2. The molecule has 2 nitrogen and oxygen atoms in total. The van der Waals surface area contributed by atoms with Gasteiger partial charge in [0, 0.05) is 11.6 Å². The Morgan fingerprint density at radius 2 is 1.93 bits per heavy atom. The molecule has 14 heavy (non-hydrogen) atoms. The molecule has 0 amide bonds. The average molecular weight is 197 g/mol. The van der Waals surface area contributed by atoms with Crippen LogP contribution in [0.25, 0.3) is 0 Å². The predicted octanol–water partition coefficient (Wildman–Crippen LogP) is 2.16. The van der Waals surface area contributed by atoms with Crippen molar-refractivity contribution in [3.63, 3.8) is 0 Å². The summed E-state index contributed by atoms with van der Waals surface area (Å²) in [5, 5.41) is 9.93. The van der Waals surface area contributed by atoms with E-state index in [4.69, 9.17) is 0 Å². The van der Waals surface area contributed by atoms with E-state index < -0.39 is 0 Å². The first-order chi connectivity index (χ1) is 6.61. The predicted molar refractivity (Wildman–Crippen MR) is 58.3 cm³/mol. The number of likely N-dealkylation sites (tertiary alicyclic amines) is 1. The van der Waals surface area contributed by atoms with Crippen LogP contribution >= 0.6 is 0 Å². The Balaban J connectivity index is 2.07. The molecule has 2 unspecified atom stereocenters. The third kappa shape index (κ3) is 1.82. The molecule has 0 bridgehead atoms. The minimum Gasteiger partial charge on any atom is -0.391 e. The Bertz CT molecular complexity index is 202. The fourth-order valence-electron chi connectivity index (χ4n) is 3.19. The smallest absolute Gasteiger partial charge is 0.0695 e. The van der Waals surface area contributed by atoms with Crippen LogP contribution in [0.1, 0.15) is 52.4 Å². The highest BCUT2D eigenvalue weighted by Crippen LogP contribution is 2.35. The van der Waals surface area contributed by atoms with E-state index in [1.54, 1.807) is 0 Å². The Kier molecular flexibility index (Phi) is 2.85. The topological polar surface area (TPSA) is 23.5 Å². The largest absolute Gasteiger partial charge is 0.391 e. The quantitative estimate of drug-likeness (QED) is 0.696. The Hall–Kier alpha value is -0.0800. The van der Waals surface area contributed by atoms with Gasteiger partial charge in [0.05, 0.1) is 6.10 Å². The molecule has 1 aliphatic carbocycles. The lowest BCUT2D eigenvalue weighted by atomic mass is 9.88. The van der Waals surface area contributed by atoms with Crippen LogP contribution in [-0.2, 0) is 0 Å². The summed E-state index contributed by atoms with van der Waals surface area (Å²) >= 11 is 0. The summed E-state index contributed by atoms with van der Waals surface area (Å²) in [6.45, 7) is 5.85. The summed E-state index contributed by atoms with van der Waals surface area (Å²) in [7, 11) is 0. The molecule has 2 rings (SSSR count). The molecule has 0 aromatic carbocycles. The van der Waals surface area contributed by atoms with Gasteiger partial charge in [0.15, 0.2) is 0 Å². The van der Waals surface area contributed by atoms with Crippen molar-refractivity contribution >= 4 is 0 Å². The Morgan fingerprint density at radius 3 is 2.50 bits per heavy atom. The zero-order valence-electron chi connectivity index (χ0n) is 9.50. The molecule has 0 aromatic heterocycles. The first-order valence-electron chi connectivity index (χ1n) is 6.06. The lowest BCUT2D eigenvalue weighted by molar-refractivity contribution is -0.0140. The summed E-state index contributed by atoms with van der Waals surface area (Å²) in [6.07, 6.45) is 7.31. The highest BCUT2D eigenvalue weighted by molar-refractivity contribution is 4.94. The van der Waals surface area contributed by atoms with Gasteiger partial charge in [-0.2, -0.15) is 0 Å². The van der Waals surface area contributed by atoms with Crippen LogP contribution in [0.5, 0.6) is 0 Å². The first-order valence-corrected chi connectivity index (χ1v) is 6.06. The highest BCUT2D eigenvalue weighted by atomic mass is 16.3. The van der Waals surface area contributed by atoms with Gasteiger partial charge in [-0.05, 0) is 52.5 Å². The maximum atomic E-state index is 9.93. The fraction of sp³-hybridized carbons (Fsp3) is 1.00. The molecular weight excluding hydrogens is 174 g/mol. The molecule has 1 saturated carbocycles. The van der Waals surface area contributed by atoms with Crippen molar-refractivity contribution in [1.82, 2.24) is 4.90 Å². The van der Waals surface area contributed by atoms with Gasteiger partial charge in [-0.1, -0.05) is 6.42 Å². The van der Waals surface area contributed by atoms with E-state index in [1.165, 1.54) is 38.6 Å². The van der Waals surface area contributed by atoms with Gasteiger partial charge in [-0.15, -0.1) is 0 Å².